The van der Waals surface area contributed by atoms with E-state index in [2.05, 4.69) is 10.3 Å². The van der Waals surface area contributed by atoms with Crippen molar-refractivity contribution in [2.24, 2.45) is 0 Å². The van der Waals surface area contributed by atoms with Crippen LogP contribution in [0.1, 0.15) is 21.7 Å². The Morgan fingerprint density at radius 3 is 2.76 bits per heavy atom. The molecule has 1 amide bonds. The monoisotopic (exact) mass is 377 g/mol. The maximum atomic E-state index is 14.4. The van der Waals surface area contributed by atoms with Crippen molar-refractivity contribution in [2.45, 2.75) is 13.5 Å². The van der Waals surface area contributed by atoms with Crippen molar-refractivity contribution in [3.63, 3.8) is 0 Å². The summed E-state index contributed by atoms with van der Waals surface area (Å²) in [4.78, 5) is 16.3. The lowest BCUT2D eigenvalue weighted by Gasteiger charge is -2.10. The van der Waals surface area contributed by atoms with E-state index in [1.165, 1.54) is 6.07 Å². The number of amides is 1. The summed E-state index contributed by atoms with van der Waals surface area (Å²) in [5, 5.41) is 3.21. The SMILES string of the molecule is Cc1nccn1-c1ccc(CNC(=O)c2cccc(Cl)c2Cl)cc1F. The first kappa shape index (κ1) is 17.5. The van der Waals surface area contributed by atoms with E-state index >= 15 is 0 Å². The third-order valence-corrected chi connectivity index (χ3v) is 4.57. The van der Waals surface area contributed by atoms with E-state index in [9.17, 15) is 9.18 Å². The molecule has 25 heavy (non-hydrogen) atoms. The van der Waals surface area contributed by atoms with Crippen molar-refractivity contribution in [1.82, 2.24) is 14.9 Å². The van der Waals surface area contributed by atoms with Crippen LogP contribution in [0.5, 0.6) is 0 Å². The number of hydrogen-bond acceptors (Lipinski definition) is 2. The third kappa shape index (κ3) is 3.67. The van der Waals surface area contributed by atoms with Crippen molar-refractivity contribution in [2.75, 3.05) is 0 Å². The number of nitrogens with zero attached hydrogens (tertiary/aromatic N) is 2. The second-order valence-electron chi connectivity index (χ2n) is 5.41. The molecule has 3 aromatic rings. The number of nitrogens with one attached hydrogen (secondary N) is 1. The number of carbonyl (C=O) groups excluding carboxylic acids is 1. The molecule has 0 saturated carbocycles. The van der Waals surface area contributed by atoms with Gasteiger partial charge < -0.3 is 9.88 Å². The Hall–Kier alpha value is -2.37. The molecule has 128 valence electrons. The first-order chi connectivity index (χ1) is 12.0. The van der Waals surface area contributed by atoms with Crippen LogP contribution in [0.25, 0.3) is 5.69 Å². The lowest BCUT2D eigenvalue weighted by Crippen LogP contribution is -2.23. The summed E-state index contributed by atoms with van der Waals surface area (Å²) in [6.45, 7) is 1.96. The predicted octanol–water partition coefficient (Wildman–Crippen LogP) is 4.56. The van der Waals surface area contributed by atoms with E-state index in [1.54, 1.807) is 54.2 Å². The van der Waals surface area contributed by atoms with Gasteiger partial charge in [-0.3, -0.25) is 4.79 Å². The summed E-state index contributed by atoms with van der Waals surface area (Å²) in [6.07, 6.45) is 3.30. The van der Waals surface area contributed by atoms with Gasteiger partial charge in [0.25, 0.3) is 5.91 Å². The van der Waals surface area contributed by atoms with E-state index in [4.69, 9.17) is 23.2 Å². The Morgan fingerprint density at radius 1 is 1.28 bits per heavy atom. The molecular formula is C18H14Cl2FN3O. The molecular weight excluding hydrogens is 364 g/mol. The summed E-state index contributed by atoms with van der Waals surface area (Å²) in [5.41, 5.74) is 1.31. The van der Waals surface area contributed by atoms with Gasteiger partial charge in [0.05, 0.1) is 21.3 Å². The molecule has 0 aliphatic carbocycles. The zero-order chi connectivity index (χ0) is 18.0. The summed E-state index contributed by atoms with van der Waals surface area (Å²) in [5.74, 6) is -0.0772. The van der Waals surface area contributed by atoms with Crippen LogP contribution in [0.2, 0.25) is 10.0 Å². The average Bonchev–Trinajstić information content (AvgIpc) is 3.01. The van der Waals surface area contributed by atoms with Gasteiger partial charge in [0.1, 0.15) is 11.6 Å². The largest absolute Gasteiger partial charge is 0.348 e. The van der Waals surface area contributed by atoms with Crippen LogP contribution in [-0.4, -0.2) is 15.5 Å². The van der Waals surface area contributed by atoms with Gasteiger partial charge in [0, 0.05) is 18.9 Å². The number of imidazole rings is 1. The smallest absolute Gasteiger partial charge is 0.253 e. The highest BCUT2D eigenvalue weighted by Gasteiger charge is 2.13. The van der Waals surface area contributed by atoms with Gasteiger partial charge in [-0.25, -0.2) is 9.37 Å². The second-order valence-corrected chi connectivity index (χ2v) is 6.20. The number of carbonyl (C=O) groups is 1. The minimum Gasteiger partial charge on any atom is -0.348 e. The Bertz CT molecular complexity index is 940. The average molecular weight is 378 g/mol. The molecule has 1 N–H and O–H groups in total. The topological polar surface area (TPSA) is 46.9 Å². The summed E-state index contributed by atoms with van der Waals surface area (Å²) in [6, 6.07) is 9.61. The van der Waals surface area contributed by atoms with Gasteiger partial charge in [-0.15, -0.1) is 0 Å². The fraction of sp³-hybridized carbons (Fsp3) is 0.111. The van der Waals surface area contributed by atoms with Gasteiger partial charge in [0.15, 0.2) is 0 Å². The molecule has 0 aliphatic heterocycles. The molecule has 4 nitrogen and oxygen atoms in total. The zero-order valence-corrected chi connectivity index (χ0v) is 14.8. The molecule has 3 rings (SSSR count). The molecule has 7 heteroatoms. The third-order valence-electron chi connectivity index (χ3n) is 3.75. The molecule has 0 spiro atoms. The summed E-state index contributed by atoms with van der Waals surface area (Å²) < 4.78 is 16.0. The number of halogens is 3. The van der Waals surface area contributed by atoms with Gasteiger partial charge in [-0.1, -0.05) is 35.3 Å². The van der Waals surface area contributed by atoms with Crippen LogP contribution in [0, 0.1) is 12.7 Å². The highest BCUT2D eigenvalue weighted by atomic mass is 35.5. The molecule has 0 radical (unpaired) electrons. The van der Waals surface area contributed by atoms with E-state index in [1.807, 2.05) is 0 Å². The minimum atomic E-state index is -0.395. The second kappa shape index (κ2) is 7.25. The highest BCUT2D eigenvalue weighted by Crippen LogP contribution is 2.25. The van der Waals surface area contributed by atoms with Crippen LogP contribution >= 0.6 is 23.2 Å². The molecule has 0 aliphatic rings. The molecule has 0 fully saturated rings. The Labute approximate surface area is 154 Å². The zero-order valence-electron chi connectivity index (χ0n) is 13.3. The number of hydrogen-bond donors (Lipinski definition) is 1. The fourth-order valence-corrected chi connectivity index (χ4v) is 2.83. The van der Waals surface area contributed by atoms with Crippen molar-refractivity contribution in [3.8, 4) is 5.69 Å². The molecule has 0 saturated heterocycles. The molecule has 0 bridgehead atoms. The van der Waals surface area contributed by atoms with E-state index in [-0.39, 0.29) is 23.0 Å². The predicted molar refractivity (Wildman–Crippen MR) is 95.9 cm³/mol. The van der Waals surface area contributed by atoms with Crippen molar-refractivity contribution >= 4 is 29.1 Å². The highest BCUT2D eigenvalue weighted by molar-refractivity contribution is 6.43. The van der Waals surface area contributed by atoms with Crippen LogP contribution < -0.4 is 5.32 Å². The Kier molecular flexibility index (Phi) is 5.06. The molecule has 2 aromatic carbocycles. The van der Waals surface area contributed by atoms with Gasteiger partial charge >= 0.3 is 0 Å². The summed E-state index contributed by atoms with van der Waals surface area (Å²) in [7, 11) is 0. The van der Waals surface area contributed by atoms with Crippen LogP contribution in [0.15, 0.2) is 48.8 Å². The van der Waals surface area contributed by atoms with E-state index < -0.39 is 5.82 Å². The number of aryl methyl sites for hydroxylation is 1. The maximum absolute atomic E-state index is 14.4. The number of aromatic nitrogens is 2. The number of benzene rings is 2. The van der Waals surface area contributed by atoms with Crippen molar-refractivity contribution < 1.29 is 9.18 Å². The van der Waals surface area contributed by atoms with Gasteiger partial charge in [-0.05, 0) is 36.8 Å². The Morgan fingerprint density at radius 2 is 2.08 bits per heavy atom. The molecule has 0 unspecified atom stereocenters. The summed E-state index contributed by atoms with van der Waals surface area (Å²) >= 11 is 11.9. The van der Waals surface area contributed by atoms with Crippen LogP contribution in [0.4, 0.5) is 4.39 Å². The fourth-order valence-electron chi connectivity index (χ4n) is 2.45. The normalized spacial score (nSPS) is 10.7. The van der Waals surface area contributed by atoms with Crippen LogP contribution in [0.3, 0.4) is 0 Å². The van der Waals surface area contributed by atoms with E-state index in [0.717, 1.165) is 0 Å². The maximum Gasteiger partial charge on any atom is 0.253 e. The molecule has 0 atom stereocenters. The Balaban J connectivity index is 1.74. The standard InChI is InChI=1S/C18H14Cl2FN3O/c1-11-22-7-8-24(11)16-6-5-12(9-15(16)21)10-23-18(25)13-3-2-4-14(19)17(13)20/h2-9H,10H2,1H3,(H,23,25). The first-order valence-electron chi connectivity index (χ1n) is 7.48. The first-order valence-corrected chi connectivity index (χ1v) is 8.24. The minimum absolute atomic E-state index is 0.168. The van der Waals surface area contributed by atoms with E-state index in [0.29, 0.717) is 22.1 Å². The number of rotatable bonds is 4. The lowest BCUT2D eigenvalue weighted by molar-refractivity contribution is 0.0951. The van der Waals surface area contributed by atoms with Crippen molar-refractivity contribution in [3.05, 3.63) is 81.6 Å². The molecule has 1 heterocycles. The van der Waals surface area contributed by atoms with Gasteiger partial charge in [-0.2, -0.15) is 0 Å². The van der Waals surface area contributed by atoms with Gasteiger partial charge in [0.2, 0.25) is 0 Å². The van der Waals surface area contributed by atoms with Crippen molar-refractivity contribution in [1.29, 1.82) is 0 Å². The molecule has 1 aromatic heterocycles. The lowest BCUT2D eigenvalue weighted by atomic mass is 10.1. The van der Waals surface area contributed by atoms with Crippen LogP contribution in [-0.2, 0) is 6.54 Å². The quantitative estimate of drug-likeness (QED) is 0.724.